The van der Waals surface area contributed by atoms with Crippen LogP contribution in [-0.2, 0) is 9.59 Å². The molecule has 10 nitrogen and oxygen atoms in total. The minimum absolute atomic E-state index is 0.194. The van der Waals surface area contributed by atoms with Gasteiger partial charge in [-0.15, -0.1) is 0 Å². The second-order valence-corrected chi connectivity index (χ2v) is 6.82. The number of nitrogens with one attached hydrogen (secondary N) is 2. The van der Waals surface area contributed by atoms with Crippen LogP contribution in [-0.4, -0.2) is 31.1 Å². The highest BCUT2D eigenvalue weighted by molar-refractivity contribution is 5.91. The molecule has 4 rings (SSSR count). The first-order valence-corrected chi connectivity index (χ1v) is 9.48. The molecule has 0 aliphatic carbocycles. The predicted octanol–water partition coefficient (Wildman–Crippen LogP) is 1.04. The van der Waals surface area contributed by atoms with Gasteiger partial charge in [0.05, 0.1) is 21.8 Å². The van der Waals surface area contributed by atoms with E-state index < -0.39 is 22.9 Å². The molecule has 0 aliphatic rings. The largest absolute Gasteiger partial charge is 0.280 e. The smallest absolute Gasteiger partial charge is 0.273 e. The lowest BCUT2D eigenvalue weighted by Gasteiger charge is -2.12. The summed E-state index contributed by atoms with van der Waals surface area (Å²) in [6.45, 7) is 1.60. The Hall–Kier alpha value is -4.34. The SMILES string of the molecule is Cc1nc2ccccc2c(=O)n1NC(=O)CCC(=O)Nn1cnc2ccccc2c1=O. The number of carbonyl (C=O) groups is 2. The summed E-state index contributed by atoms with van der Waals surface area (Å²) in [7, 11) is 0. The first-order valence-electron chi connectivity index (χ1n) is 9.48. The van der Waals surface area contributed by atoms with E-state index in [1.807, 2.05) is 0 Å². The van der Waals surface area contributed by atoms with Gasteiger partial charge in [0.2, 0.25) is 11.8 Å². The van der Waals surface area contributed by atoms with Gasteiger partial charge < -0.3 is 0 Å². The molecule has 31 heavy (non-hydrogen) atoms. The van der Waals surface area contributed by atoms with E-state index in [1.54, 1.807) is 55.5 Å². The molecule has 0 spiro atoms. The predicted molar refractivity (Wildman–Crippen MR) is 115 cm³/mol. The molecule has 2 heterocycles. The van der Waals surface area contributed by atoms with Crippen molar-refractivity contribution in [3.05, 3.63) is 81.4 Å². The highest BCUT2D eigenvalue weighted by atomic mass is 16.2. The first-order chi connectivity index (χ1) is 14.9. The highest BCUT2D eigenvalue weighted by Crippen LogP contribution is 2.07. The van der Waals surface area contributed by atoms with Crippen LogP contribution in [0.2, 0.25) is 0 Å². The number of benzene rings is 2. The van der Waals surface area contributed by atoms with Gasteiger partial charge in [0.1, 0.15) is 12.2 Å². The van der Waals surface area contributed by atoms with Gasteiger partial charge in [0.25, 0.3) is 11.1 Å². The van der Waals surface area contributed by atoms with Crippen molar-refractivity contribution in [3.63, 3.8) is 0 Å². The average molecular weight is 418 g/mol. The fourth-order valence-electron chi connectivity index (χ4n) is 3.12. The number of hydrogen-bond acceptors (Lipinski definition) is 6. The van der Waals surface area contributed by atoms with Crippen molar-refractivity contribution in [2.24, 2.45) is 0 Å². The molecule has 0 saturated carbocycles. The third-order valence-corrected chi connectivity index (χ3v) is 4.67. The van der Waals surface area contributed by atoms with Crippen molar-refractivity contribution in [1.82, 2.24) is 19.3 Å². The fourth-order valence-corrected chi connectivity index (χ4v) is 3.12. The molecular formula is C21H18N6O4. The zero-order valence-corrected chi connectivity index (χ0v) is 16.5. The van der Waals surface area contributed by atoms with Gasteiger partial charge in [-0.05, 0) is 31.2 Å². The van der Waals surface area contributed by atoms with E-state index in [-0.39, 0.29) is 12.8 Å². The second-order valence-electron chi connectivity index (χ2n) is 6.82. The zero-order valence-electron chi connectivity index (χ0n) is 16.5. The first kappa shape index (κ1) is 20.0. The number of nitrogens with zero attached hydrogens (tertiary/aromatic N) is 4. The molecule has 0 aliphatic heterocycles. The molecule has 0 radical (unpaired) electrons. The van der Waals surface area contributed by atoms with Gasteiger partial charge in [-0.2, -0.15) is 0 Å². The lowest BCUT2D eigenvalue weighted by atomic mass is 10.2. The molecule has 0 bridgehead atoms. The van der Waals surface area contributed by atoms with Gasteiger partial charge in [-0.3, -0.25) is 30.0 Å². The molecule has 0 atom stereocenters. The summed E-state index contributed by atoms with van der Waals surface area (Å²) in [5, 5.41) is 0.732. The van der Waals surface area contributed by atoms with E-state index in [2.05, 4.69) is 20.8 Å². The van der Waals surface area contributed by atoms with Crippen molar-refractivity contribution in [2.45, 2.75) is 19.8 Å². The third kappa shape index (κ3) is 4.04. The van der Waals surface area contributed by atoms with E-state index in [0.717, 1.165) is 9.35 Å². The molecule has 10 heteroatoms. The van der Waals surface area contributed by atoms with Crippen molar-refractivity contribution >= 4 is 33.6 Å². The number of carbonyl (C=O) groups excluding carboxylic acids is 2. The fraction of sp³-hybridized carbons (Fsp3) is 0.143. The van der Waals surface area contributed by atoms with Crippen LogP contribution in [0.5, 0.6) is 0 Å². The molecule has 2 N–H and O–H groups in total. The van der Waals surface area contributed by atoms with Crippen LogP contribution in [0.1, 0.15) is 18.7 Å². The van der Waals surface area contributed by atoms with Crippen LogP contribution in [0, 0.1) is 6.92 Å². The lowest BCUT2D eigenvalue weighted by molar-refractivity contribution is -0.122. The molecule has 4 aromatic rings. The summed E-state index contributed by atoms with van der Waals surface area (Å²) >= 11 is 0. The number of fused-ring (bicyclic) bond motifs is 2. The summed E-state index contributed by atoms with van der Waals surface area (Å²) in [4.78, 5) is 57.9. The molecular weight excluding hydrogens is 400 g/mol. The second kappa shape index (κ2) is 8.19. The monoisotopic (exact) mass is 418 g/mol. The van der Waals surface area contributed by atoms with E-state index in [0.29, 0.717) is 27.6 Å². The lowest BCUT2D eigenvalue weighted by Crippen LogP contribution is -2.36. The Kier molecular flexibility index (Phi) is 5.27. The summed E-state index contributed by atoms with van der Waals surface area (Å²) in [5.41, 5.74) is 5.09. The van der Waals surface area contributed by atoms with Crippen LogP contribution in [0.15, 0.2) is 64.4 Å². The van der Waals surface area contributed by atoms with Crippen LogP contribution in [0.25, 0.3) is 21.8 Å². The molecule has 0 unspecified atom stereocenters. The summed E-state index contributed by atoms with van der Waals surface area (Å²) < 4.78 is 2.03. The standard InChI is InChI=1S/C21H18N6O4/c1-13-23-17-9-5-3-7-15(17)21(31)27(13)25-19(29)11-10-18(28)24-26-12-22-16-8-4-2-6-14(16)20(26)30/h2-9,12H,10-11H2,1H3,(H,24,28)(H,25,29). The van der Waals surface area contributed by atoms with E-state index in [1.165, 1.54) is 6.33 Å². The van der Waals surface area contributed by atoms with Crippen LogP contribution >= 0.6 is 0 Å². The third-order valence-electron chi connectivity index (χ3n) is 4.67. The van der Waals surface area contributed by atoms with Gasteiger partial charge in [-0.1, -0.05) is 24.3 Å². The van der Waals surface area contributed by atoms with Crippen LogP contribution in [0.3, 0.4) is 0 Å². The number of para-hydroxylation sites is 2. The van der Waals surface area contributed by atoms with Gasteiger partial charge in [-0.25, -0.2) is 19.3 Å². The van der Waals surface area contributed by atoms with Crippen molar-refractivity contribution in [2.75, 3.05) is 10.9 Å². The van der Waals surface area contributed by atoms with Gasteiger partial charge in [0.15, 0.2) is 0 Å². The Morgan fingerprint density at radius 1 is 0.839 bits per heavy atom. The quantitative estimate of drug-likeness (QED) is 0.498. The van der Waals surface area contributed by atoms with Gasteiger partial charge >= 0.3 is 0 Å². The summed E-state index contributed by atoms with van der Waals surface area (Å²) in [6.07, 6.45) is 0.826. The maximum atomic E-state index is 12.6. The molecule has 2 aromatic carbocycles. The number of amides is 2. The Morgan fingerprint density at radius 2 is 1.42 bits per heavy atom. The minimum atomic E-state index is -0.546. The Balaban J connectivity index is 1.42. The molecule has 156 valence electrons. The number of rotatable bonds is 5. The van der Waals surface area contributed by atoms with Crippen LogP contribution in [0.4, 0.5) is 0 Å². The Bertz CT molecular complexity index is 1440. The number of aryl methyl sites for hydroxylation is 1. The van der Waals surface area contributed by atoms with E-state index in [4.69, 9.17) is 0 Å². The number of hydrogen-bond donors (Lipinski definition) is 2. The maximum Gasteiger partial charge on any atom is 0.280 e. The van der Waals surface area contributed by atoms with E-state index >= 15 is 0 Å². The van der Waals surface area contributed by atoms with Crippen molar-refractivity contribution in [3.8, 4) is 0 Å². The summed E-state index contributed by atoms with van der Waals surface area (Å²) in [5.74, 6) is -0.772. The minimum Gasteiger partial charge on any atom is -0.273 e. The van der Waals surface area contributed by atoms with E-state index in [9.17, 15) is 19.2 Å². The maximum absolute atomic E-state index is 12.6. The van der Waals surface area contributed by atoms with Crippen molar-refractivity contribution in [1.29, 1.82) is 0 Å². The molecule has 2 aromatic heterocycles. The normalized spacial score (nSPS) is 10.9. The Labute approximate surface area is 175 Å². The van der Waals surface area contributed by atoms with Crippen LogP contribution < -0.4 is 22.0 Å². The molecule has 0 fully saturated rings. The average Bonchev–Trinajstić information content (AvgIpc) is 2.77. The Morgan fingerprint density at radius 3 is 2.13 bits per heavy atom. The summed E-state index contributed by atoms with van der Waals surface area (Å²) in [6, 6.07) is 13.6. The molecule has 0 saturated heterocycles. The number of aromatic nitrogens is 4. The van der Waals surface area contributed by atoms with Gasteiger partial charge in [0, 0.05) is 12.8 Å². The highest BCUT2D eigenvalue weighted by Gasteiger charge is 2.13. The topological polar surface area (TPSA) is 128 Å². The molecule has 2 amide bonds. The zero-order chi connectivity index (χ0) is 22.0. The van der Waals surface area contributed by atoms with Crippen molar-refractivity contribution < 1.29 is 9.59 Å².